The first-order valence-corrected chi connectivity index (χ1v) is 10.8. The van der Waals surface area contributed by atoms with Crippen LogP contribution in [-0.4, -0.2) is 78.1 Å². The predicted molar refractivity (Wildman–Crippen MR) is 114 cm³/mol. The molecular formula is C23H35N3O3. The van der Waals surface area contributed by atoms with Gasteiger partial charge in [-0.15, -0.1) is 0 Å². The van der Waals surface area contributed by atoms with Gasteiger partial charge in [-0.2, -0.15) is 0 Å². The molecule has 0 saturated carbocycles. The Morgan fingerprint density at radius 2 is 1.55 bits per heavy atom. The second-order valence-electron chi connectivity index (χ2n) is 9.14. The molecule has 2 saturated heterocycles. The number of rotatable bonds is 4. The first kappa shape index (κ1) is 21.6. The largest absolute Gasteiger partial charge is 0.444 e. The molecule has 29 heavy (non-hydrogen) atoms. The van der Waals surface area contributed by atoms with Gasteiger partial charge in [-0.05, 0) is 45.6 Å². The standard InChI is InChI=1S/C23H35N3O3/c1-23(2,3)29-22(28)26-13-10-20(11-14-26)21(27)25-17-15-24(16-18-25)12-9-19-7-5-4-6-8-19/h4-8,20H,9-18H2,1-3H3. The van der Waals surface area contributed by atoms with Crippen LogP contribution in [-0.2, 0) is 16.0 Å². The van der Waals surface area contributed by atoms with E-state index in [1.165, 1.54) is 5.56 Å². The van der Waals surface area contributed by atoms with Crippen LogP contribution in [0.25, 0.3) is 0 Å². The first-order chi connectivity index (χ1) is 13.8. The lowest BCUT2D eigenvalue weighted by Gasteiger charge is -2.38. The number of carbonyl (C=O) groups is 2. The number of likely N-dealkylation sites (tertiary alicyclic amines) is 1. The van der Waals surface area contributed by atoms with Crippen LogP contribution in [0.1, 0.15) is 39.2 Å². The molecule has 2 aliphatic rings. The van der Waals surface area contributed by atoms with E-state index < -0.39 is 5.60 Å². The Hall–Kier alpha value is -2.08. The fourth-order valence-corrected chi connectivity index (χ4v) is 4.02. The second kappa shape index (κ2) is 9.61. The molecular weight excluding hydrogens is 366 g/mol. The van der Waals surface area contributed by atoms with Crippen LogP contribution in [0.2, 0.25) is 0 Å². The molecule has 0 bridgehead atoms. The van der Waals surface area contributed by atoms with Crippen molar-refractivity contribution in [1.29, 1.82) is 0 Å². The molecule has 0 atom stereocenters. The molecule has 2 aliphatic heterocycles. The molecule has 0 radical (unpaired) electrons. The third kappa shape index (κ3) is 6.46. The molecule has 1 aromatic carbocycles. The average Bonchev–Trinajstić information content (AvgIpc) is 2.72. The van der Waals surface area contributed by atoms with Gasteiger partial charge in [0.15, 0.2) is 0 Å². The Labute approximate surface area is 174 Å². The monoisotopic (exact) mass is 401 g/mol. The van der Waals surface area contributed by atoms with Crippen LogP contribution < -0.4 is 0 Å². The zero-order valence-corrected chi connectivity index (χ0v) is 18.1. The van der Waals surface area contributed by atoms with Gasteiger partial charge in [0.2, 0.25) is 5.91 Å². The van der Waals surface area contributed by atoms with Gasteiger partial charge in [-0.1, -0.05) is 30.3 Å². The maximum atomic E-state index is 12.9. The average molecular weight is 402 g/mol. The lowest BCUT2D eigenvalue weighted by atomic mass is 9.95. The van der Waals surface area contributed by atoms with Crippen LogP contribution in [0.3, 0.4) is 0 Å². The van der Waals surface area contributed by atoms with E-state index in [9.17, 15) is 9.59 Å². The van der Waals surface area contributed by atoms with Crippen molar-refractivity contribution in [2.75, 3.05) is 45.8 Å². The fraction of sp³-hybridized carbons (Fsp3) is 0.652. The molecule has 160 valence electrons. The van der Waals surface area contributed by atoms with Crippen LogP contribution in [0, 0.1) is 5.92 Å². The van der Waals surface area contributed by atoms with Crippen LogP contribution in [0.4, 0.5) is 4.79 Å². The number of hydrogen-bond donors (Lipinski definition) is 0. The smallest absolute Gasteiger partial charge is 0.410 e. The molecule has 0 aromatic heterocycles. The predicted octanol–water partition coefficient (Wildman–Crippen LogP) is 3.02. The molecule has 0 N–H and O–H groups in total. The van der Waals surface area contributed by atoms with Gasteiger partial charge in [-0.25, -0.2) is 4.79 Å². The number of nitrogens with zero attached hydrogens (tertiary/aromatic N) is 3. The summed E-state index contributed by atoms with van der Waals surface area (Å²) in [6.45, 7) is 11.4. The van der Waals surface area contributed by atoms with Gasteiger partial charge < -0.3 is 14.5 Å². The first-order valence-electron chi connectivity index (χ1n) is 10.8. The highest BCUT2D eigenvalue weighted by molar-refractivity contribution is 5.79. The summed E-state index contributed by atoms with van der Waals surface area (Å²) in [6.07, 6.45) is 2.24. The van der Waals surface area contributed by atoms with Gasteiger partial charge in [0, 0.05) is 51.7 Å². The molecule has 1 aromatic rings. The van der Waals surface area contributed by atoms with E-state index in [0.29, 0.717) is 13.1 Å². The highest BCUT2D eigenvalue weighted by Gasteiger charge is 2.33. The van der Waals surface area contributed by atoms with Crippen LogP contribution in [0.5, 0.6) is 0 Å². The molecule has 6 nitrogen and oxygen atoms in total. The Bertz CT molecular complexity index is 670. The summed E-state index contributed by atoms with van der Waals surface area (Å²) < 4.78 is 5.44. The van der Waals surface area contributed by atoms with E-state index in [2.05, 4.69) is 29.2 Å². The summed E-state index contributed by atoms with van der Waals surface area (Å²) in [7, 11) is 0. The SMILES string of the molecule is CC(C)(C)OC(=O)N1CCC(C(=O)N2CCN(CCc3ccccc3)CC2)CC1. The van der Waals surface area contributed by atoms with Gasteiger partial charge in [0.05, 0.1) is 0 Å². The van der Waals surface area contributed by atoms with Crippen LogP contribution >= 0.6 is 0 Å². The topological polar surface area (TPSA) is 53.1 Å². The summed E-state index contributed by atoms with van der Waals surface area (Å²) in [5.74, 6) is 0.293. The summed E-state index contributed by atoms with van der Waals surface area (Å²) in [6, 6.07) is 10.6. The maximum absolute atomic E-state index is 12.9. The minimum absolute atomic E-state index is 0.0320. The number of benzene rings is 1. The van der Waals surface area contributed by atoms with E-state index in [1.54, 1.807) is 4.90 Å². The van der Waals surface area contributed by atoms with Crippen molar-refractivity contribution in [2.45, 2.75) is 45.6 Å². The second-order valence-corrected chi connectivity index (χ2v) is 9.14. The molecule has 2 heterocycles. The van der Waals surface area contributed by atoms with Crippen molar-refractivity contribution in [2.24, 2.45) is 5.92 Å². The summed E-state index contributed by atoms with van der Waals surface area (Å²) in [5, 5.41) is 0. The summed E-state index contributed by atoms with van der Waals surface area (Å²) in [4.78, 5) is 31.3. The van der Waals surface area contributed by atoms with E-state index in [0.717, 1.165) is 52.0 Å². The molecule has 2 fully saturated rings. The Morgan fingerprint density at radius 1 is 0.931 bits per heavy atom. The number of ether oxygens (including phenoxy) is 1. The van der Waals surface area contributed by atoms with E-state index in [-0.39, 0.29) is 17.9 Å². The maximum Gasteiger partial charge on any atom is 0.410 e. The minimum Gasteiger partial charge on any atom is -0.444 e. The minimum atomic E-state index is -0.482. The quantitative estimate of drug-likeness (QED) is 0.778. The third-order valence-electron chi connectivity index (χ3n) is 5.74. The molecule has 0 spiro atoms. The van der Waals surface area contributed by atoms with Crippen molar-refractivity contribution < 1.29 is 14.3 Å². The molecule has 2 amide bonds. The normalized spacial score (nSPS) is 19.3. The van der Waals surface area contributed by atoms with Crippen molar-refractivity contribution in [3.05, 3.63) is 35.9 Å². The van der Waals surface area contributed by atoms with Gasteiger partial charge in [0.25, 0.3) is 0 Å². The highest BCUT2D eigenvalue weighted by atomic mass is 16.6. The van der Waals surface area contributed by atoms with E-state index in [1.807, 2.05) is 31.7 Å². The van der Waals surface area contributed by atoms with Gasteiger partial charge in [-0.3, -0.25) is 9.69 Å². The molecule has 6 heteroatoms. The van der Waals surface area contributed by atoms with Crippen molar-refractivity contribution in [3.63, 3.8) is 0 Å². The Morgan fingerprint density at radius 3 is 2.14 bits per heavy atom. The lowest BCUT2D eigenvalue weighted by molar-refractivity contribution is -0.138. The Kier molecular flexibility index (Phi) is 7.17. The Balaban J connectivity index is 1.38. The number of hydrogen-bond acceptors (Lipinski definition) is 4. The van der Waals surface area contributed by atoms with Crippen molar-refractivity contribution >= 4 is 12.0 Å². The number of amides is 2. The van der Waals surface area contributed by atoms with Crippen LogP contribution in [0.15, 0.2) is 30.3 Å². The number of carbonyl (C=O) groups excluding carboxylic acids is 2. The number of piperidine rings is 1. The van der Waals surface area contributed by atoms with Crippen molar-refractivity contribution in [3.8, 4) is 0 Å². The zero-order valence-electron chi connectivity index (χ0n) is 18.1. The van der Waals surface area contributed by atoms with Crippen molar-refractivity contribution in [1.82, 2.24) is 14.7 Å². The van der Waals surface area contributed by atoms with E-state index >= 15 is 0 Å². The zero-order chi connectivity index (χ0) is 20.9. The van der Waals surface area contributed by atoms with E-state index in [4.69, 9.17) is 4.74 Å². The fourth-order valence-electron chi connectivity index (χ4n) is 4.02. The lowest BCUT2D eigenvalue weighted by Crippen LogP contribution is -2.52. The molecule has 0 aliphatic carbocycles. The third-order valence-corrected chi connectivity index (χ3v) is 5.74. The molecule has 0 unspecified atom stereocenters. The summed E-state index contributed by atoms with van der Waals surface area (Å²) in [5.41, 5.74) is 0.881. The van der Waals surface area contributed by atoms with Gasteiger partial charge in [0.1, 0.15) is 5.60 Å². The highest BCUT2D eigenvalue weighted by Crippen LogP contribution is 2.22. The summed E-state index contributed by atoms with van der Waals surface area (Å²) >= 11 is 0. The number of piperazine rings is 1. The molecule has 3 rings (SSSR count). The van der Waals surface area contributed by atoms with Gasteiger partial charge >= 0.3 is 6.09 Å².